The van der Waals surface area contributed by atoms with E-state index in [-0.39, 0.29) is 26.5 Å². The van der Waals surface area contributed by atoms with Crippen molar-refractivity contribution in [1.29, 1.82) is 0 Å². The molecule has 0 amide bonds. The van der Waals surface area contributed by atoms with Crippen molar-refractivity contribution in [2.75, 3.05) is 7.11 Å². The number of hydrogen-bond acceptors (Lipinski definition) is 2. The van der Waals surface area contributed by atoms with Crippen molar-refractivity contribution in [2.24, 2.45) is 0 Å². The minimum Gasteiger partial charge on any atom is -0.496 e. The smallest absolute Gasteiger partial charge is 0.433 e. The zero-order valence-electron chi connectivity index (χ0n) is 9.90. The summed E-state index contributed by atoms with van der Waals surface area (Å²) in [7, 11) is 1.39. The summed E-state index contributed by atoms with van der Waals surface area (Å²) in [6, 6.07) is 2.95. The van der Waals surface area contributed by atoms with Crippen molar-refractivity contribution in [3.05, 3.63) is 33.4 Å². The number of ether oxygens (including phenoxy) is 1. The summed E-state index contributed by atoms with van der Waals surface area (Å²) in [6.45, 7) is 1.26. The fourth-order valence-corrected chi connectivity index (χ4v) is 2.27. The summed E-state index contributed by atoms with van der Waals surface area (Å²) in [5, 5.41) is 0.307. The standard InChI is InChI=1S/C12H8Cl2F3NO/c1-5-9(14)8-7(19-2)4-3-6(13)10(8)18-11(5)12(15,16)17/h3-4H,1-2H3. The van der Waals surface area contributed by atoms with Crippen molar-refractivity contribution in [3.63, 3.8) is 0 Å². The van der Waals surface area contributed by atoms with Gasteiger partial charge >= 0.3 is 6.18 Å². The Kier molecular flexibility index (Phi) is 3.53. The molecule has 0 aliphatic heterocycles. The number of halogens is 5. The van der Waals surface area contributed by atoms with Crippen LogP contribution in [-0.4, -0.2) is 12.1 Å². The number of aromatic nitrogens is 1. The van der Waals surface area contributed by atoms with E-state index in [1.807, 2.05) is 0 Å². The number of methoxy groups -OCH3 is 1. The molecular formula is C12H8Cl2F3NO. The third-order valence-electron chi connectivity index (χ3n) is 2.71. The maximum absolute atomic E-state index is 12.9. The lowest BCUT2D eigenvalue weighted by Gasteiger charge is -2.15. The minimum atomic E-state index is -4.59. The predicted octanol–water partition coefficient (Wildman–Crippen LogP) is 4.88. The van der Waals surface area contributed by atoms with Crippen LogP contribution in [0.4, 0.5) is 13.2 Å². The summed E-state index contributed by atoms with van der Waals surface area (Å²) in [5.74, 6) is 0.328. The SMILES string of the molecule is COc1ccc(Cl)c2nc(C(F)(F)F)c(C)c(Cl)c12. The summed E-state index contributed by atoms with van der Waals surface area (Å²) < 4.78 is 43.7. The van der Waals surface area contributed by atoms with Crippen molar-refractivity contribution in [2.45, 2.75) is 13.1 Å². The van der Waals surface area contributed by atoms with E-state index in [1.165, 1.54) is 26.2 Å². The second-order valence-corrected chi connectivity index (χ2v) is 4.66. The van der Waals surface area contributed by atoms with Crippen LogP contribution in [-0.2, 0) is 6.18 Å². The van der Waals surface area contributed by atoms with Crippen LogP contribution in [0.2, 0.25) is 10.0 Å². The first-order chi connectivity index (χ1) is 8.77. The molecule has 0 aliphatic rings. The molecule has 1 heterocycles. The molecule has 0 N–H and O–H groups in total. The quantitative estimate of drug-likeness (QED) is 0.749. The molecule has 102 valence electrons. The number of hydrogen-bond donors (Lipinski definition) is 0. The largest absolute Gasteiger partial charge is 0.496 e. The first-order valence-corrected chi connectivity index (χ1v) is 5.92. The maximum Gasteiger partial charge on any atom is 0.433 e. The maximum atomic E-state index is 12.9. The summed E-state index contributed by atoms with van der Waals surface area (Å²) in [5.41, 5.74) is -1.22. The van der Waals surface area contributed by atoms with E-state index in [9.17, 15) is 13.2 Å². The number of alkyl halides is 3. The van der Waals surface area contributed by atoms with Gasteiger partial charge < -0.3 is 4.74 Å². The minimum absolute atomic E-state index is 0.0241. The van der Waals surface area contributed by atoms with Gasteiger partial charge in [-0.2, -0.15) is 13.2 Å². The molecule has 19 heavy (non-hydrogen) atoms. The van der Waals surface area contributed by atoms with Crippen molar-refractivity contribution >= 4 is 34.1 Å². The molecule has 0 saturated heterocycles. The highest BCUT2D eigenvalue weighted by Gasteiger charge is 2.36. The second-order valence-electron chi connectivity index (χ2n) is 3.87. The zero-order valence-corrected chi connectivity index (χ0v) is 11.4. The molecule has 0 bridgehead atoms. The molecule has 0 aliphatic carbocycles. The lowest BCUT2D eigenvalue weighted by molar-refractivity contribution is -0.141. The molecule has 0 radical (unpaired) electrons. The molecule has 0 saturated carbocycles. The Balaban J connectivity index is 2.96. The van der Waals surface area contributed by atoms with Crippen molar-refractivity contribution < 1.29 is 17.9 Å². The topological polar surface area (TPSA) is 22.1 Å². The summed E-state index contributed by atoms with van der Waals surface area (Å²) in [6.07, 6.45) is -4.59. The Hall–Kier alpha value is -1.20. The Labute approximate surface area is 117 Å². The summed E-state index contributed by atoms with van der Waals surface area (Å²) >= 11 is 11.9. The van der Waals surface area contributed by atoms with Gasteiger partial charge in [0.1, 0.15) is 11.4 Å². The van der Waals surface area contributed by atoms with Crippen LogP contribution in [0.3, 0.4) is 0 Å². The Bertz CT molecular complexity index is 656. The first kappa shape index (κ1) is 14.2. The van der Waals surface area contributed by atoms with Crippen molar-refractivity contribution in [3.8, 4) is 5.75 Å². The lowest BCUT2D eigenvalue weighted by atomic mass is 10.1. The van der Waals surface area contributed by atoms with Gasteiger partial charge in [0, 0.05) is 0 Å². The molecule has 0 unspecified atom stereocenters. The highest BCUT2D eigenvalue weighted by Crippen LogP contribution is 2.41. The van der Waals surface area contributed by atoms with Gasteiger partial charge in [0.15, 0.2) is 0 Å². The highest BCUT2D eigenvalue weighted by atomic mass is 35.5. The molecule has 0 atom stereocenters. The first-order valence-electron chi connectivity index (χ1n) is 5.17. The van der Waals surface area contributed by atoms with E-state index >= 15 is 0 Å². The van der Waals surface area contributed by atoms with E-state index in [0.717, 1.165) is 0 Å². The molecule has 7 heteroatoms. The average Bonchev–Trinajstić information content (AvgIpc) is 2.32. The normalized spacial score (nSPS) is 11.9. The van der Waals surface area contributed by atoms with Gasteiger partial charge in [-0.25, -0.2) is 4.98 Å². The van der Waals surface area contributed by atoms with E-state index < -0.39 is 11.9 Å². The predicted molar refractivity (Wildman–Crippen MR) is 68.1 cm³/mol. The van der Waals surface area contributed by atoms with E-state index in [2.05, 4.69) is 4.98 Å². The molecule has 2 rings (SSSR count). The lowest BCUT2D eigenvalue weighted by Crippen LogP contribution is -2.11. The number of rotatable bonds is 1. The van der Waals surface area contributed by atoms with Gasteiger partial charge in [-0.1, -0.05) is 23.2 Å². The Morgan fingerprint density at radius 2 is 1.84 bits per heavy atom. The average molecular weight is 310 g/mol. The second kappa shape index (κ2) is 4.72. The third kappa shape index (κ3) is 2.32. The molecular weight excluding hydrogens is 302 g/mol. The van der Waals surface area contributed by atoms with Gasteiger partial charge in [-0.3, -0.25) is 0 Å². The monoisotopic (exact) mass is 309 g/mol. The van der Waals surface area contributed by atoms with Gasteiger partial charge in [0.25, 0.3) is 0 Å². The van der Waals surface area contributed by atoms with Crippen LogP contribution in [0.25, 0.3) is 10.9 Å². The van der Waals surface area contributed by atoms with Crippen LogP contribution in [0.1, 0.15) is 11.3 Å². The van der Waals surface area contributed by atoms with E-state index in [0.29, 0.717) is 5.75 Å². The molecule has 1 aromatic heterocycles. The molecule has 0 fully saturated rings. The molecule has 0 spiro atoms. The van der Waals surface area contributed by atoms with Crippen LogP contribution >= 0.6 is 23.2 Å². The third-order valence-corrected chi connectivity index (χ3v) is 3.48. The van der Waals surface area contributed by atoms with Crippen LogP contribution in [0.15, 0.2) is 12.1 Å². The number of pyridine rings is 1. The number of fused-ring (bicyclic) bond motifs is 1. The highest BCUT2D eigenvalue weighted by molar-refractivity contribution is 6.40. The van der Waals surface area contributed by atoms with Crippen LogP contribution < -0.4 is 4.74 Å². The Morgan fingerprint density at radius 1 is 1.21 bits per heavy atom. The Morgan fingerprint density at radius 3 is 2.37 bits per heavy atom. The zero-order chi connectivity index (χ0) is 14.4. The van der Waals surface area contributed by atoms with Crippen LogP contribution in [0, 0.1) is 6.92 Å². The van der Waals surface area contributed by atoms with Crippen LogP contribution in [0.5, 0.6) is 5.75 Å². The fraction of sp³-hybridized carbons (Fsp3) is 0.250. The van der Waals surface area contributed by atoms with Gasteiger partial charge in [0.05, 0.1) is 28.1 Å². The molecule has 1 aromatic carbocycles. The summed E-state index contributed by atoms with van der Waals surface area (Å²) in [4.78, 5) is 3.59. The molecule has 2 nitrogen and oxygen atoms in total. The number of benzene rings is 1. The number of nitrogens with zero attached hydrogens (tertiary/aromatic N) is 1. The van der Waals surface area contributed by atoms with Gasteiger partial charge in [-0.05, 0) is 24.6 Å². The molecule has 2 aromatic rings. The van der Waals surface area contributed by atoms with E-state index in [4.69, 9.17) is 27.9 Å². The van der Waals surface area contributed by atoms with Gasteiger partial charge in [-0.15, -0.1) is 0 Å². The fourth-order valence-electron chi connectivity index (χ4n) is 1.80. The van der Waals surface area contributed by atoms with Gasteiger partial charge in [0.2, 0.25) is 0 Å². The van der Waals surface area contributed by atoms with Crippen molar-refractivity contribution in [1.82, 2.24) is 4.98 Å². The van der Waals surface area contributed by atoms with E-state index in [1.54, 1.807) is 0 Å².